The van der Waals surface area contributed by atoms with E-state index in [0.29, 0.717) is 17.4 Å². The van der Waals surface area contributed by atoms with Crippen LogP contribution >= 0.6 is 0 Å². The van der Waals surface area contributed by atoms with Crippen LogP contribution in [-0.2, 0) is 11.8 Å². The van der Waals surface area contributed by atoms with Gasteiger partial charge in [-0.2, -0.15) is 5.26 Å². The highest BCUT2D eigenvalue weighted by molar-refractivity contribution is 5.91. The molecule has 3 rings (SSSR count). The molecule has 1 atom stereocenters. The molecule has 0 amide bonds. The topological polar surface area (TPSA) is 55.0 Å². The second-order valence-electron chi connectivity index (χ2n) is 6.70. The summed E-state index contributed by atoms with van der Waals surface area (Å²) in [5.41, 5.74) is 2.75. The van der Waals surface area contributed by atoms with E-state index in [0.717, 1.165) is 16.5 Å². The number of nitriles is 1. The molecule has 132 valence electrons. The summed E-state index contributed by atoms with van der Waals surface area (Å²) in [5.74, 6) is -0.0913. The lowest BCUT2D eigenvalue weighted by atomic mass is 10.0. The van der Waals surface area contributed by atoms with Crippen LogP contribution in [0, 0.1) is 11.3 Å². The first-order chi connectivity index (χ1) is 12.5. The van der Waals surface area contributed by atoms with E-state index in [1.54, 1.807) is 0 Å². The van der Waals surface area contributed by atoms with Crippen LogP contribution in [0.1, 0.15) is 36.9 Å². The quantitative estimate of drug-likeness (QED) is 0.657. The Balaban J connectivity index is 1.82. The lowest BCUT2D eigenvalue weighted by molar-refractivity contribution is -0.121. The lowest BCUT2D eigenvalue weighted by Gasteiger charge is -2.15. The summed E-state index contributed by atoms with van der Waals surface area (Å²) >= 11 is 0. The number of para-hydroxylation sites is 2. The molecule has 0 saturated heterocycles. The van der Waals surface area contributed by atoms with Crippen molar-refractivity contribution in [1.82, 2.24) is 4.57 Å². The van der Waals surface area contributed by atoms with E-state index in [-0.39, 0.29) is 12.4 Å². The normalized spacial score (nSPS) is 12.1. The summed E-state index contributed by atoms with van der Waals surface area (Å²) in [6, 6.07) is 19.6. The van der Waals surface area contributed by atoms with E-state index in [1.807, 2.05) is 66.2 Å². The largest absolute Gasteiger partial charge is 0.485 e. The molecule has 2 aromatic carbocycles. The van der Waals surface area contributed by atoms with Gasteiger partial charge in [0.25, 0.3) is 0 Å². The number of ether oxygens (including phenoxy) is 1. The molecule has 0 radical (unpaired) electrons. The number of nitrogens with zero attached hydrogens (tertiary/aromatic N) is 2. The van der Waals surface area contributed by atoms with Gasteiger partial charge in [-0.1, -0.05) is 50.2 Å². The molecule has 3 aromatic rings. The number of hydrogen-bond donors (Lipinski definition) is 0. The van der Waals surface area contributed by atoms with Crippen molar-refractivity contribution in [1.29, 1.82) is 5.26 Å². The van der Waals surface area contributed by atoms with Crippen LogP contribution in [0.4, 0.5) is 0 Å². The maximum absolute atomic E-state index is 12.7. The number of hydrogen-bond acceptors (Lipinski definition) is 3. The fraction of sp³-hybridized carbons (Fsp3) is 0.273. The van der Waals surface area contributed by atoms with E-state index in [4.69, 9.17) is 4.74 Å². The number of aryl methyl sites for hydroxylation is 1. The highest BCUT2D eigenvalue weighted by Crippen LogP contribution is 2.28. The molecule has 4 nitrogen and oxygen atoms in total. The van der Waals surface area contributed by atoms with Gasteiger partial charge in [-0.3, -0.25) is 4.79 Å². The number of carbonyl (C=O) groups is 1. The zero-order valence-electron chi connectivity index (χ0n) is 15.3. The maximum Gasteiger partial charge on any atom is 0.193 e. The molecule has 0 aliphatic rings. The molecule has 0 saturated carbocycles. The van der Waals surface area contributed by atoms with Crippen molar-refractivity contribution in [3.63, 3.8) is 0 Å². The Morgan fingerprint density at radius 2 is 1.85 bits per heavy atom. The van der Waals surface area contributed by atoms with Crippen molar-refractivity contribution < 1.29 is 9.53 Å². The predicted octanol–water partition coefficient (Wildman–Crippen LogP) is 4.56. The first kappa shape index (κ1) is 17.8. The minimum absolute atomic E-state index is 0.122. The van der Waals surface area contributed by atoms with Crippen molar-refractivity contribution in [2.45, 2.75) is 25.7 Å². The van der Waals surface area contributed by atoms with E-state index in [9.17, 15) is 10.1 Å². The number of Topliss-reactive ketones (excluding diaryl/α,β-unsaturated/α-hetero) is 1. The summed E-state index contributed by atoms with van der Waals surface area (Å²) < 4.78 is 7.67. The van der Waals surface area contributed by atoms with Crippen LogP contribution in [-0.4, -0.2) is 17.0 Å². The minimum Gasteiger partial charge on any atom is -0.485 e. The van der Waals surface area contributed by atoms with Crippen molar-refractivity contribution >= 4 is 16.7 Å². The average Bonchev–Trinajstić information content (AvgIpc) is 2.98. The van der Waals surface area contributed by atoms with Crippen molar-refractivity contribution in [3.05, 3.63) is 65.9 Å². The SMILES string of the molecule is CC(C)c1ccccc1OCC(=O)C(C#N)c1cc2ccccc2n1C. The number of aromatic nitrogens is 1. The molecule has 0 bridgehead atoms. The van der Waals surface area contributed by atoms with Gasteiger partial charge in [0.1, 0.15) is 18.3 Å². The smallest absolute Gasteiger partial charge is 0.193 e. The predicted molar refractivity (Wildman–Crippen MR) is 102 cm³/mol. The molecule has 4 heteroatoms. The van der Waals surface area contributed by atoms with Gasteiger partial charge in [-0.25, -0.2) is 0 Å². The Bertz CT molecular complexity index is 979. The van der Waals surface area contributed by atoms with Crippen LogP contribution in [0.25, 0.3) is 10.9 Å². The summed E-state index contributed by atoms with van der Waals surface area (Å²) in [7, 11) is 1.88. The standard InChI is InChI=1S/C22H22N2O2/c1-15(2)17-9-5-7-11-22(17)26-14-21(25)18(13-23)20-12-16-8-4-6-10-19(16)24(20)3/h4-12,15,18H,14H2,1-3H3. The van der Waals surface area contributed by atoms with Crippen molar-refractivity contribution in [3.8, 4) is 11.8 Å². The third-order valence-electron chi connectivity index (χ3n) is 4.65. The fourth-order valence-electron chi connectivity index (χ4n) is 3.21. The third-order valence-corrected chi connectivity index (χ3v) is 4.65. The van der Waals surface area contributed by atoms with Crippen molar-refractivity contribution in [2.75, 3.05) is 6.61 Å². The van der Waals surface area contributed by atoms with Gasteiger partial charge in [-0.15, -0.1) is 0 Å². The Morgan fingerprint density at radius 1 is 1.15 bits per heavy atom. The zero-order chi connectivity index (χ0) is 18.7. The zero-order valence-corrected chi connectivity index (χ0v) is 15.3. The molecule has 1 unspecified atom stereocenters. The Hall–Kier alpha value is -3.06. The molecule has 1 heterocycles. The van der Waals surface area contributed by atoms with Gasteiger partial charge in [-0.05, 0) is 35.1 Å². The van der Waals surface area contributed by atoms with E-state index in [2.05, 4.69) is 19.9 Å². The Kier molecular flexibility index (Phi) is 5.09. The van der Waals surface area contributed by atoms with Gasteiger partial charge in [0, 0.05) is 18.3 Å². The van der Waals surface area contributed by atoms with Gasteiger partial charge in [0.15, 0.2) is 5.78 Å². The van der Waals surface area contributed by atoms with Crippen molar-refractivity contribution in [2.24, 2.45) is 7.05 Å². The highest BCUT2D eigenvalue weighted by atomic mass is 16.5. The van der Waals surface area contributed by atoms with E-state index < -0.39 is 5.92 Å². The van der Waals surface area contributed by atoms with Gasteiger partial charge in [0.2, 0.25) is 0 Å². The third kappa shape index (κ3) is 3.34. The van der Waals surface area contributed by atoms with Crippen LogP contribution in [0.2, 0.25) is 0 Å². The van der Waals surface area contributed by atoms with E-state index >= 15 is 0 Å². The second-order valence-corrected chi connectivity index (χ2v) is 6.70. The van der Waals surface area contributed by atoms with Crippen LogP contribution < -0.4 is 4.74 Å². The minimum atomic E-state index is -0.849. The molecule has 26 heavy (non-hydrogen) atoms. The summed E-state index contributed by atoms with van der Waals surface area (Å²) in [6.07, 6.45) is 0. The fourth-order valence-corrected chi connectivity index (χ4v) is 3.21. The molecule has 0 aliphatic heterocycles. The van der Waals surface area contributed by atoms with Gasteiger partial charge < -0.3 is 9.30 Å². The first-order valence-electron chi connectivity index (χ1n) is 8.71. The monoisotopic (exact) mass is 346 g/mol. The summed E-state index contributed by atoms with van der Waals surface area (Å²) in [4.78, 5) is 12.7. The first-order valence-corrected chi connectivity index (χ1v) is 8.71. The molecular formula is C22H22N2O2. The lowest BCUT2D eigenvalue weighted by Crippen LogP contribution is -2.21. The van der Waals surface area contributed by atoms with Crippen LogP contribution in [0.15, 0.2) is 54.6 Å². The summed E-state index contributed by atoms with van der Waals surface area (Å²) in [6.45, 7) is 4.04. The molecule has 0 aliphatic carbocycles. The molecule has 0 N–H and O–H groups in total. The number of fused-ring (bicyclic) bond motifs is 1. The number of ketones is 1. The number of carbonyl (C=O) groups excluding carboxylic acids is 1. The van der Waals surface area contributed by atoms with Crippen LogP contribution in [0.3, 0.4) is 0 Å². The molecule has 1 aromatic heterocycles. The Morgan fingerprint density at radius 3 is 2.54 bits per heavy atom. The summed E-state index contributed by atoms with van der Waals surface area (Å²) in [5, 5.41) is 10.6. The van der Waals surface area contributed by atoms with Gasteiger partial charge >= 0.3 is 0 Å². The number of rotatable bonds is 6. The second kappa shape index (κ2) is 7.45. The Labute approximate surface area is 153 Å². The molecule has 0 spiro atoms. The van der Waals surface area contributed by atoms with Crippen LogP contribution in [0.5, 0.6) is 5.75 Å². The average molecular weight is 346 g/mol. The maximum atomic E-state index is 12.7. The van der Waals surface area contributed by atoms with E-state index in [1.165, 1.54) is 0 Å². The molecular weight excluding hydrogens is 324 g/mol. The molecule has 0 fully saturated rings. The number of benzene rings is 2. The highest BCUT2D eigenvalue weighted by Gasteiger charge is 2.24. The van der Waals surface area contributed by atoms with Gasteiger partial charge in [0.05, 0.1) is 6.07 Å².